The number of hydrogen-bond donors (Lipinski definition) is 0. The van der Waals surface area contributed by atoms with E-state index in [1.807, 2.05) is 13.0 Å². The minimum atomic E-state index is -0.574. The molecule has 0 radical (unpaired) electrons. The van der Waals surface area contributed by atoms with Gasteiger partial charge in [-0.1, -0.05) is 35.3 Å². The molecular formula is C12H8Cl2FN. The van der Waals surface area contributed by atoms with Crippen LogP contribution in [0.15, 0.2) is 30.5 Å². The second-order valence-electron chi connectivity index (χ2n) is 3.48. The molecule has 1 aromatic carbocycles. The minimum absolute atomic E-state index is 0.317. The van der Waals surface area contributed by atoms with Gasteiger partial charge in [0.25, 0.3) is 0 Å². The first kappa shape index (κ1) is 11.4. The standard InChI is InChI=1S/C12H8Cl2FN/c1-7-2-3-9(11(14)4-7)10-5-8(13)6-16-12(10)15/h2-6H,1H3. The fourth-order valence-electron chi connectivity index (χ4n) is 1.45. The van der Waals surface area contributed by atoms with Crippen molar-refractivity contribution in [1.29, 1.82) is 0 Å². The summed E-state index contributed by atoms with van der Waals surface area (Å²) in [6.45, 7) is 1.92. The summed E-state index contributed by atoms with van der Waals surface area (Å²) in [7, 11) is 0. The van der Waals surface area contributed by atoms with Gasteiger partial charge in [-0.2, -0.15) is 4.39 Å². The average molecular weight is 256 g/mol. The third-order valence-electron chi connectivity index (χ3n) is 2.22. The highest BCUT2D eigenvalue weighted by atomic mass is 35.5. The molecule has 16 heavy (non-hydrogen) atoms. The molecule has 1 nitrogen and oxygen atoms in total. The number of aryl methyl sites for hydroxylation is 1. The van der Waals surface area contributed by atoms with Gasteiger partial charge in [0.15, 0.2) is 0 Å². The lowest BCUT2D eigenvalue weighted by molar-refractivity contribution is 0.587. The monoisotopic (exact) mass is 255 g/mol. The lowest BCUT2D eigenvalue weighted by Gasteiger charge is -2.06. The minimum Gasteiger partial charge on any atom is -0.226 e. The molecule has 82 valence electrons. The van der Waals surface area contributed by atoms with Gasteiger partial charge in [-0.15, -0.1) is 0 Å². The van der Waals surface area contributed by atoms with Crippen LogP contribution in [-0.2, 0) is 0 Å². The highest BCUT2D eigenvalue weighted by Gasteiger charge is 2.10. The van der Waals surface area contributed by atoms with Crippen molar-refractivity contribution in [2.45, 2.75) is 6.92 Å². The van der Waals surface area contributed by atoms with Gasteiger partial charge in [-0.3, -0.25) is 0 Å². The zero-order chi connectivity index (χ0) is 11.7. The van der Waals surface area contributed by atoms with E-state index in [9.17, 15) is 4.39 Å². The van der Waals surface area contributed by atoms with E-state index in [2.05, 4.69) is 4.98 Å². The number of rotatable bonds is 1. The molecule has 2 aromatic rings. The van der Waals surface area contributed by atoms with Crippen LogP contribution < -0.4 is 0 Å². The molecule has 0 N–H and O–H groups in total. The highest BCUT2D eigenvalue weighted by Crippen LogP contribution is 2.31. The molecule has 1 aromatic heterocycles. The first-order valence-corrected chi connectivity index (χ1v) is 5.41. The first-order valence-electron chi connectivity index (χ1n) is 4.65. The Balaban J connectivity index is 2.62. The first-order chi connectivity index (χ1) is 7.58. The van der Waals surface area contributed by atoms with Crippen LogP contribution in [0, 0.1) is 12.9 Å². The van der Waals surface area contributed by atoms with Gasteiger partial charge in [0, 0.05) is 22.3 Å². The van der Waals surface area contributed by atoms with Gasteiger partial charge in [0.2, 0.25) is 5.95 Å². The number of halogens is 3. The van der Waals surface area contributed by atoms with E-state index in [1.165, 1.54) is 12.3 Å². The topological polar surface area (TPSA) is 12.9 Å². The Labute approximate surface area is 103 Å². The van der Waals surface area contributed by atoms with Crippen LogP contribution in [0.25, 0.3) is 11.1 Å². The molecule has 0 spiro atoms. The molecule has 0 bridgehead atoms. The lowest BCUT2D eigenvalue weighted by atomic mass is 10.1. The molecule has 0 saturated carbocycles. The number of benzene rings is 1. The van der Waals surface area contributed by atoms with Crippen LogP contribution in [0.5, 0.6) is 0 Å². The summed E-state index contributed by atoms with van der Waals surface area (Å²) in [5.74, 6) is -0.574. The molecule has 0 saturated heterocycles. The van der Waals surface area contributed by atoms with Crippen molar-refractivity contribution < 1.29 is 4.39 Å². The van der Waals surface area contributed by atoms with Crippen molar-refractivity contribution in [1.82, 2.24) is 4.98 Å². The van der Waals surface area contributed by atoms with Gasteiger partial charge in [0.1, 0.15) is 0 Å². The lowest BCUT2D eigenvalue weighted by Crippen LogP contribution is -1.90. The van der Waals surface area contributed by atoms with E-state index in [0.29, 0.717) is 21.2 Å². The summed E-state index contributed by atoms with van der Waals surface area (Å²) in [4.78, 5) is 3.56. The van der Waals surface area contributed by atoms with Crippen LogP contribution in [-0.4, -0.2) is 4.98 Å². The Kier molecular flexibility index (Phi) is 3.13. The van der Waals surface area contributed by atoms with Crippen molar-refractivity contribution in [3.63, 3.8) is 0 Å². The van der Waals surface area contributed by atoms with E-state index in [0.717, 1.165) is 5.56 Å². The number of hydrogen-bond acceptors (Lipinski definition) is 1. The zero-order valence-corrected chi connectivity index (χ0v) is 9.98. The van der Waals surface area contributed by atoms with Crippen molar-refractivity contribution in [2.24, 2.45) is 0 Å². The number of nitrogens with zero attached hydrogens (tertiary/aromatic N) is 1. The Bertz CT molecular complexity index is 541. The predicted molar refractivity (Wildman–Crippen MR) is 64.4 cm³/mol. The van der Waals surface area contributed by atoms with Crippen LogP contribution in [0.3, 0.4) is 0 Å². The van der Waals surface area contributed by atoms with Crippen LogP contribution >= 0.6 is 23.2 Å². The van der Waals surface area contributed by atoms with E-state index in [1.54, 1.807) is 12.1 Å². The maximum atomic E-state index is 13.5. The van der Waals surface area contributed by atoms with E-state index in [-0.39, 0.29) is 0 Å². The average Bonchev–Trinajstić information content (AvgIpc) is 2.22. The molecule has 0 aliphatic heterocycles. The second-order valence-corrected chi connectivity index (χ2v) is 4.32. The van der Waals surface area contributed by atoms with Gasteiger partial charge < -0.3 is 0 Å². The summed E-state index contributed by atoms with van der Waals surface area (Å²) in [5, 5.41) is 0.871. The Morgan fingerprint density at radius 3 is 2.56 bits per heavy atom. The van der Waals surface area contributed by atoms with Gasteiger partial charge >= 0.3 is 0 Å². The normalized spacial score (nSPS) is 10.5. The molecule has 0 aliphatic rings. The van der Waals surface area contributed by atoms with Crippen LogP contribution in [0.2, 0.25) is 10.0 Å². The van der Waals surface area contributed by atoms with Gasteiger partial charge in [-0.25, -0.2) is 4.98 Å². The highest BCUT2D eigenvalue weighted by molar-refractivity contribution is 6.33. The smallest absolute Gasteiger partial charge is 0.220 e. The number of aromatic nitrogens is 1. The number of pyridine rings is 1. The maximum absolute atomic E-state index is 13.5. The van der Waals surface area contributed by atoms with Crippen LogP contribution in [0.4, 0.5) is 4.39 Å². The molecule has 0 atom stereocenters. The molecule has 4 heteroatoms. The Morgan fingerprint density at radius 1 is 1.12 bits per heavy atom. The van der Waals surface area contributed by atoms with Gasteiger partial charge in [0.05, 0.1) is 5.02 Å². The molecule has 1 heterocycles. The SMILES string of the molecule is Cc1ccc(-c2cc(Cl)cnc2F)c(Cl)c1. The van der Waals surface area contributed by atoms with Crippen molar-refractivity contribution in [3.8, 4) is 11.1 Å². The maximum Gasteiger partial charge on any atom is 0.220 e. The Morgan fingerprint density at radius 2 is 1.88 bits per heavy atom. The fourth-order valence-corrected chi connectivity index (χ4v) is 1.94. The summed E-state index contributed by atoms with van der Waals surface area (Å²) in [6, 6.07) is 6.91. The molecule has 0 unspecified atom stereocenters. The van der Waals surface area contributed by atoms with Crippen molar-refractivity contribution in [3.05, 3.63) is 52.0 Å². The third-order valence-corrected chi connectivity index (χ3v) is 2.74. The largest absolute Gasteiger partial charge is 0.226 e. The predicted octanol–water partition coefficient (Wildman–Crippen LogP) is 4.50. The summed E-state index contributed by atoms with van der Waals surface area (Å²) >= 11 is 11.8. The molecule has 2 rings (SSSR count). The van der Waals surface area contributed by atoms with Crippen LogP contribution in [0.1, 0.15) is 5.56 Å². The molecule has 0 fully saturated rings. The summed E-state index contributed by atoms with van der Waals surface area (Å²) < 4.78 is 13.5. The summed E-state index contributed by atoms with van der Waals surface area (Å²) in [6.07, 6.45) is 1.27. The zero-order valence-electron chi connectivity index (χ0n) is 8.47. The van der Waals surface area contributed by atoms with E-state index < -0.39 is 5.95 Å². The van der Waals surface area contributed by atoms with E-state index >= 15 is 0 Å². The van der Waals surface area contributed by atoms with E-state index in [4.69, 9.17) is 23.2 Å². The Hall–Kier alpha value is -1.12. The van der Waals surface area contributed by atoms with Gasteiger partial charge in [-0.05, 0) is 24.6 Å². The summed E-state index contributed by atoms with van der Waals surface area (Å²) in [5.41, 5.74) is 1.93. The molecule has 0 amide bonds. The fraction of sp³-hybridized carbons (Fsp3) is 0.0833. The van der Waals surface area contributed by atoms with Crippen molar-refractivity contribution >= 4 is 23.2 Å². The second kappa shape index (κ2) is 4.40. The third kappa shape index (κ3) is 2.18. The molecule has 0 aliphatic carbocycles. The molecular weight excluding hydrogens is 248 g/mol. The van der Waals surface area contributed by atoms with Crippen molar-refractivity contribution in [2.75, 3.05) is 0 Å². The quantitative estimate of drug-likeness (QED) is 0.684.